The summed E-state index contributed by atoms with van der Waals surface area (Å²) in [5, 5.41) is 97.8. The van der Waals surface area contributed by atoms with Crippen molar-refractivity contribution in [2.45, 2.75) is 175 Å². The van der Waals surface area contributed by atoms with Crippen molar-refractivity contribution in [3.8, 4) is 23.3 Å². The second-order valence-corrected chi connectivity index (χ2v) is 29.9. The molecule has 4 saturated heterocycles. The Balaban J connectivity index is 0.935. The predicted octanol–water partition coefficient (Wildman–Crippen LogP) is 1.35. The number of aliphatic hydroxyl groups excluding tert-OH is 5. The monoisotopic (exact) mass is 1370 g/mol. The third-order valence-corrected chi connectivity index (χ3v) is 24.5. The molecule has 13 aliphatic rings. The van der Waals surface area contributed by atoms with Crippen molar-refractivity contribution in [2.24, 2.45) is 40.6 Å². The fourth-order valence-corrected chi connectivity index (χ4v) is 20.0. The van der Waals surface area contributed by atoms with Crippen molar-refractivity contribution in [3.05, 3.63) is 156 Å². The van der Waals surface area contributed by atoms with Gasteiger partial charge in [0, 0.05) is 70.9 Å². The van der Waals surface area contributed by atoms with E-state index in [9.17, 15) is 40.2 Å². The van der Waals surface area contributed by atoms with Crippen LogP contribution in [0.1, 0.15) is 140 Å². The minimum absolute atomic E-state index is 0.0423. The molecule has 24 heteroatoms. The zero-order valence-corrected chi connectivity index (χ0v) is 55.7. The van der Waals surface area contributed by atoms with Gasteiger partial charge in [-0.3, -0.25) is 30.8 Å². The number of hydrogen-bond acceptors (Lipinski definition) is 23. The summed E-state index contributed by atoms with van der Waals surface area (Å²) in [5.41, 5.74) is 19.1. The fourth-order valence-electron chi connectivity index (χ4n) is 20.0. The van der Waals surface area contributed by atoms with Gasteiger partial charge >= 0.3 is 0 Å². The molecule has 8 aliphatic heterocycles. The third kappa shape index (κ3) is 10.4. The summed E-state index contributed by atoms with van der Waals surface area (Å²) in [4.78, 5) is 59.4. The van der Waals surface area contributed by atoms with Crippen molar-refractivity contribution >= 4 is 29.4 Å². The van der Waals surface area contributed by atoms with Gasteiger partial charge in [-0.2, -0.15) is 0 Å². The largest absolute Gasteiger partial charge is 0.486 e. The first-order chi connectivity index (χ1) is 48.5. The van der Waals surface area contributed by atoms with Gasteiger partial charge in [0.15, 0.2) is 28.7 Å². The molecular formula is C76H87N9O15. The van der Waals surface area contributed by atoms with E-state index in [4.69, 9.17) is 35.2 Å². The molecule has 24 nitrogen and oxygen atoms in total. The molecule has 16 N–H and O–H groups in total. The highest BCUT2D eigenvalue weighted by atomic mass is 16.7. The van der Waals surface area contributed by atoms with Crippen LogP contribution < -0.4 is 57.7 Å². The number of rotatable bonds is 10. The number of para-hydroxylation sites is 1. The number of nitrogens with zero attached hydrogens (tertiary/aromatic N) is 1. The molecule has 0 aromatic heterocycles. The fraction of sp³-hybridized carbons (Fsp3) is 0.526. The first-order valence-electron chi connectivity index (χ1n) is 35.7. The highest BCUT2D eigenvalue weighted by Gasteiger charge is 2.63. The Morgan fingerprint density at radius 2 is 1.80 bits per heavy atom. The Morgan fingerprint density at radius 3 is 2.64 bits per heavy atom. The van der Waals surface area contributed by atoms with Crippen LogP contribution in [0.2, 0.25) is 0 Å². The Labute approximate surface area is 578 Å². The van der Waals surface area contributed by atoms with Crippen LogP contribution in [0.3, 0.4) is 0 Å². The summed E-state index contributed by atoms with van der Waals surface area (Å²) < 4.78 is 36.2. The molecule has 526 valence electrons. The molecule has 5 fully saturated rings. The number of anilines is 1. The number of benzene rings is 4. The van der Waals surface area contributed by atoms with Gasteiger partial charge in [-0.15, -0.1) is 0 Å². The number of carbonyl (C=O) groups excluding carboxylic acids is 4. The zero-order valence-electron chi connectivity index (χ0n) is 55.7. The number of nitrogens with one attached hydrogen (secondary N) is 6. The van der Waals surface area contributed by atoms with E-state index in [1.54, 1.807) is 12.1 Å². The van der Waals surface area contributed by atoms with Gasteiger partial charge in [-0.1, -0.05) is 60.7 Å². The molecule has 8 heterocycles. The molecule has 9 bridgehead atoms. The first-order valence-corrected chi connectivity index (χ1v) is 35.7. The number of nitrogens with two attached hydrogens (primary N) is 2. The zero-order chi connectivity index (χ0) is 68.8. The van der Waals surface area contributed by atoms with Gasteiger partial charge in [0.1, 0.15) is 55.5 Å². The van der Waals surface area contributed by atoms with E-state index in [1.165, 1.54) is 17.7 Å². The van der Waals surface area contributed by atoms with Crippen molar-refractivity contribution in [1.29, 1.82) is 0 Å². The van der Waals surface area contributed by atoms with E-state index in [-0.39, 0.29) is 128 Å². The van der Waals surface area contributed by atoms with Crippen molar-refractivity contribution in [3.63, 3.8) is 0 Å². The van der Waals surface area contributed by atoms with Gasteiger partial charge in [0.05, 0.1) is 74.3 Å². The molecule has 1 saturated carbocycles. The highest BCUT2D eigenvalue weighted by molar-refractivity contribution is 6.29. The van der Waals surface area contributed by atoms with E-state index in [1.807, 2.05) is 36.2 Å². The first kappa shape index (κ1) is 65.9. The standard InChI is InChI=1S/C76H87N9O15/c1-79-28-42-23-36-21-38-15-18-76(95)55-32-96-30-40(11-14-53(38)89)57(45-6-2-3-8-52(45)85-34-81-63-71(85)83-74(78)84-72(63)94)49-27-48-59(65(92)47-24-35(29-87)9-12-44(47)64(48)91)67(97-31-43(88)17-20-86)66(49)100-73(99-55)68(69(76)93)98-33-75-50-16-19-80-70(77)60(50)62-58-39(25-37-5-4-7-51(37)82-62)10-13-46(61(58)75)56(42)41(22-36)26-54(75)90/h2-3,6,8-9,12,16,20,22-24,27,37-40,43,46,51,53-55,57,62-63,68-69,71,73-74,79-83,87-90,93,95H,4-5,7,10-11,13-14,17,19,21,25-26,28-34,77-78H2,1H3,(H,84,94). The summed E-state index contributed by atoms with van der Waals surface area (Å²) in [6, 6.07) is 17.2. The Morgan fingerprint density at radius 1 is 0.940 bits per heavy atom. The van der Waals surface area contributed by atoms with Crippen LogP contribution in [0.4, 0.5) is 5.69 Å². The smallest absolute Gasteiger partial charge is 0.242 e. The van der Waals surface area contributed by atoms with Crippen LogP contribution in [0.15, 0.2) is 94.9 Å². The Kier molecular flexibility index (Phi) is 16.8. The average Bonchev–Trinajstić information content (AvgIpc) is 1.37. The summed E-state index contributed by atoms with van der Waals surface area (Å²) >= 11 is 0. The molecular weight excluding hydrogens is 1280 g/mol. The third-order valence-electron chi connectivity index (χ3n) is 24.5. The Bertz CT molecular complexity index is 4220. The molecule has 1 amide bonds. The summed E-state index contributed by atoms with van der Waals surface area (Å²) in [7, 11) is 1.93. The number of carbonyl (C=O) groups is 4. The molecule has 0 radical (unpaired) electrons. The second kappa shape index (κ2) is 25.5. The molecule has 5 aliphatic carbocycles. The van der Waals surface area contributed by atoms with Crippen LogP contribution >= 0.6 is 0 Å². The van der Waals surface area contributed by atoms with Crippen molar-refractivity contribution in [1.82, 2.24) is 31.9 Å². The second-order valence-electron chi connectivity index (χ2n) is 29.9. The number of ether oxygens (including phenoxy) is 5. The molecule has 100 heavy (non-hydrogen) atoms. The SMILES string of the molecule is CNCc1cc2cc3c1C1CCC4CC5CCCC5NC5C6=C(N)NCC=C6C(COC6C7Oc8c(cc9c(c8OCC(O)CC=O)C(=O)c8cc(CO)ccc8C9=O)C(c8ccccc8N8CNC9C(=O)NC(N)NC98)C8CCC(O)C(C#CC(O)(C(COC8)O7)C6O)C2)(C1=C45)C(O)C3. The van der Waals surface area contributed by atoms with E-state index in [2.05, 4.69) is 62.0 Å². The average molecular weight is 1370 g/mol. The maximum absolute atomic E-state index is 15.8. The number of ketones is 2. The van der Waals surface area contributed by atoms with Gasteiger partial charge in [-0.05, 0) is 157 Å². The van der Waals surface area contributed by atoms with E-state index < -0.39 is 115 Å². The quantitative estimate of drug-likeness (QED) is 0.0533. The molecule has 17 rings (SSSR count). The molecule has 20 atom stereocenters. The van der Waals surface area contributed by atoms with Crippen LogP contribution in [0.25, 0.3) is 0 Å². The van der Waals surface area contributed by atoms with Crippen LogP contribution in [-0.2, 0) is 49.8 Å². The Hall–Kier alpha value is -7.42. The van der Waals surface area contributed by atoms with Crippen LogP contribution in [0.5, 0.6) is 11.5 Å². The number of hydrogen-bond donors (Lipinski definition) is 14. The summed E-state index contributed by atoms with van der Waals surface area (Å²) in [5.74, 6) is 2.42. The van der Waals surface area contributed by atoms with Gasteiger partial charge in [0.25, 0.3) is 0 Å². The number of amides is 1. The van der Waals surface area contributed by atoms with Gasteiger partial charge in [0.2, 0.25) is 12.2 Å². The van der Waals surface area contributed by atoms with Crippen molar-refractivity contribution < 1.29 is 73.5 Å². The van der Waals surface area contributed by atoms with E-state index in [0.29, 0.717) is 47.9 Å². The number of aldehydes is 1. The number of dihydropyridines is 1. The summed E-state index contributed by atoms with van der Waals surface area (Å²) in [6.07, 6.45) is -3.98. The normalized spacial score (nSPS) is 36.2. The van der Waals surface area contributed by atoms with E-state index >= 15 is 9.59 Å². The maximum Gasteiger partial charge on any atom is 0.242 e. The minimum atomic E-state index is -2.55. The molecule has 4 aromatic carbocycles. The van der Waals surface area contributed by atoms with Gasteiger partial charge in [-0.25, -0.2) is 0 Å². The maximum atomic E-state index is 15.8. The number of aliphatic hydroxyl groups is 6. The summed E-state index contributed by atoms with van der Waals surface area (Å²) in [6.45, 7) is -0.935. The van der Waals surface area contributed by atoms with E-state index in [0.717, 1.165) is 77.5 Å². The highest BCUT2D eigenvalue weighted by Crippen LogP contribution is 2.65. The topological polar surface area (TPSA) is 363 Å². The minimum Gasteiger partial charge on any atom is -0.486 e. The molecule has 1 spiro atoms. The molecule has 4 aromatic rings. The lowest BCUT2D eigenvalue weighted by Crippen LogP contribution is -2.70. The van der Waals surface area contributed by atoms with Crippen LogP contribution in [-0.4, -0.2) is 180 Å². The lowest BCUT2D eigenvalue weighted by atomic mass is 9.53. The van der Waals surface area contributed by atoms with Crippen LogP contribution in [0, 0.1) is 40.9 Å². The van der Waals surface area contributed by atoms with Crippen molar-refractivity contribution in [2.75, 3.05) is 51.6 Å². The molecule has 20 unspecified atom stereocenters. The predicted molar refractivity (Wildman–Crippen MR) is 362 cm³/mol. The lowest BCUT2D eigenvalue weighted by Gasteiger charge is -2.55. The lowest BCUT2D eigenvalue weighted by molar-refractivity contribution is -0.311. The van der Waals surface area contributed by atoms with Gasteiger partial charge < -0.3 is 91.0 Å². The number of fused-ring (bicyclic) bond motifs is 17.